The van der Waals surface area contributed by atoms with E-state index in [1.54, 1.807) is 16.8 Å². The van der Waals surface area contributed by atoms with E-state index in [0.29, 0.717) is 15.6 Å². The molecule has 0 radical (unpaired) electrons. The first kappa shape index (κ1) is 19.5. The van der Waals surface area contributed by atoms with Gasteiger partial charge in [0.25, 0.3) is 0 Å². The summed E-state index contributed by atoms with van der Waals surface area (Å²) < 4.78 is 16.0. The topological polar surface area (TPSA) is 46.9 Å². The fourth-order valence-corrected chi connectivity index (χ4v) is 5.60. The molecule has 1 aromatic heterocycles. The molecule has 1 heterocycles. The van der Waals surface area contributed by atoms with Crippen LogP contribution in [0.5, 0.6) is 0 Å². The molecule has 1 fully saturated rings. The number of amides is 1. The minimum absolute atomic E-state index is 0.0446. The van der Waals surface area contributed by atoms with Crippen molar-refractivity contribution >= 4 is 41.2 Å². The Bertz CT molecular complexity index is 818. The lowest BCUT2D eigenvalue weighted by Crippen LogP contribution is -2.44. The number of thioether (sulfide) groups is 1. The lowest BCUT2D eigenvalue weighted by Gasteiger charge is -2.30. The number of halogens is 1. The van der Waals surface area contributed by atoms with E-state index < -0.39 is 0 Å². The molecule has 2 aromatic rings. The van der Waals surface area contributed by atoms with Crippen LogP contribution in [0.2, 0.25) is 0 Å². The van der Waals surface area contributed by atoms with Gasteiger partial charge >= 0.3 is 0 Å². The van der Waals surface area contributed by atoms with Gasteiger partial charge in [0.05, 0.1) is 10.9 Å². The highest BCUT2D eigenvalue weighted by Crippen LogP contribution is 2.29. The van der Waals surface area contributed by atoms with Crippen molar-refractivity contribution in [1.29, 1.82) is 0 Å². The first-order valence-corrected chi connectivity index (χ1v) is 10.9. The number of benzene rings is 1. The Morgan fingerprint density at radius 1 is 1.38 bits per heavy atom. The second-order valence-electron chi connectivity index (χ2n) is 6.66. The zero-order valence-corrected chi connectivity index (χ0v) is 17.2. The third-order valence-electron chi connectivity index (χ3n) is 4.69. The molecule has 0 spiro atoms. The van der Waals surface area contributed by atoms with Crippen molar-refractivity contribution in [3.63, 3.8) is 0 Å². The lowest BCUT2D eigenvalue weighted by molar-refractivity contribution is -0.121. The molecule has 1 N–H and O–H groups in total. The number of carbonyl (C=O) groups is 1. The van der Waals surface area contributed by atoms with Crippen molar-refractivity contribution in [2.45, 2.75) is 55.2 Å². The maximum Gasteiger partial charge on any atom is 0.233 e. The van der Waals surface area contributed by atoms with Gasteiger partial charge in [0.15, 0.2) is 8.29 Å². The van der Waals surface area contributed by atoms with Crippen LogP contribution < -0.4 is 5.32 Å². The number of nitrogens with zero attached hydrogens (tertiary/aromatic N) is 2. The van der Waals surface area contributed by atoms with Crippen LogP contribution in [-0.2, 0) is 4.79 Å². The molecule has 1 aromatic carbocycles. The number of carbonyl (C=O) groups excluding carboxylic acids is 1. The Morgan fingerprint density at radius 2 is 2.08 bits per heavy atom. The van der Waals surface area contributed by atoms with Crippen LogP contribution in [-0.4, -0.2) is 27.0 Å². The molecule has 1 saturated carbocycles. The van der Waals surface area contributed by atoms with Gasteiger partial charge in [-0.2, -0.15) is 0 Å². The minimum atomic E-state index is -0.299. The number of hydrogen-bond donors (Lipinski definition) is 1. The van der Waals surface area contributed by atoms with Crippen molar-refractivity contribution in [3.8, 4) is 5.69 Å². The van der Waals surface area contributed by atoms with Gasteiger partial charge in [-0.3, -0.25) is 4.79 Å². The van der Waals surface area contributed by atoms with Crippen molar-refractivity contribution in [2.75, 3.05) is 0 Å². The van der Waals surface area contributed by atoms with Crippen molar-refractivity contribution in [2.24, 2.45) is 5.92 Å². The summed E-state index contributed by atoms with van der Waals surface area (Å²) >= 11 is 8.13. The molecule has 0 saturated heterocycles. The van der Waals surface area contributed by atoms with Gasteiger partial charge < -0.3 is 5.32 Å². The molecule has 140 valence electrons. The second-order valence-corrected chi connectivity index (χ2v) is 9.87. The van der Waals surface area contributed by atoms with Crippen LogP contribution in [0.3, 0.4) is 0 Å². The third kappa shape index (κ3) is 4.72. The summed E-state index contributed by atoms with van der Waals surface area (Å²) in [6, 6.07) is 6.31. The molecule has 0 bridgehead atoms. The summed E-state index contributed by atoms with van der Waals surface area (Å²) in [7, 11) is 0. The fourth-order valence-electron chi connectivity index (χ4n) is 3.09. The van der Waals surface area contributed by atoms with Gasteiger partial charge in [-0.15, -0.1) is 5.10 Å². The minimum Gasteiger partial charge on any atom is -0.352 e. The van der Waals surface area contributed by atoms with E-state index in [9.17, 15) is 9.18 Å². The largest absolute Gasteiger partial charge is 0.352 e. The molecular formula is C18H22FN3OS3. The van der Waals surface area contributed by atoms with E-state index in [1.807, 2.05) is 6.92 Å². The van der Waals surface area contributed by atoms with Crippen molar-refractivity contribution in [1.82, 2.24) is 15.1 Å². The van der Waals surface area contributed by atoms with Crippen LogP contribution in [0, 0.1) is 15.7 Å². The fraction of sp³-hybridized carbons (Fsp3) is 0.500. The molecule has 4 nitrogen and oxygen atoms in total. The van der Waals surface area contributed by atoms with Gasteiger partial charge in [-0.05, 0) is 62.2 Å². The summed E-state index contributed by atoms with van der Waals surface area (Å²) in [6.07, 6.45) is 4.67. The summed E-state index contributed by atoms with van der Waals surface area (Å²) in [5.74, 6) is 0.278. The van der Waals surface area contributed by atoms with Crippen LogP contribution in [0.4, 0.5) is 4.39 Å². The van der Waals surface area contributed by atoms with Gasteiger partial charge in [-0.25, -0.2) is 9.07 Å². The molecular weight excluding hydrogens is 389 g/mol. The van der Waals surface area contributed by atoms with Crippen molar-refractivity contribution < 1.29 is 9.18 Å². The van der Waals surface area contributed by atoms with E-state index in [-0.39, 0.29) is 23.0 Å². The zero-order chi connectivity index (χ0) is 18.7. The molecule has 3 rings (SSSR count). The molecule has 3 atom stereocenters. The maximum absolute atomic E-state index is 13.1. The molecule has 1 amide bonds. The predicted octanol–water partition coefficient (Wildman–Crippen LogP) is 4.98. The first-order chi connectivity index (χ1) is 12.4. The van der Waals surface area contributed by atoms with Crippen LogP contribution in [0.1, 0.15) is 39.5 Å². The summed E-state index contributed by atoms with van der Waals surface area (Å²) in [5, 5.41) is 7.43. The summed E-state index contributed by atoms with van der Waals surface area (Å²) in [5.41, 5.74) is 0.715. The van der Waals surface area contributed by atoms with E-state index in [4.69, 9.17) is 12.2 Å². The molecule has 1 aliphatic carbocycles. The maximum atomic E-state index is 13.1. The number of rotatable bonds is 5. The standard InChI is InChI=1S/C18H22FN3OS3/c1-11-5-3-4-6-15(11)20-16(23)12(2)25-17-21-22(18(24)26-17)14-9-7-13(19)8-10-14/h7-12,15H,3-6H2,1-2H3,(H,20,23)/t11-,12+,15+/m0/s1. The third-order valence-corrected chi connectivity index (χ3v) is 7.10. The average molecular weight is 412 g/mol. The van der Waals surface area contributed by atoms with E-state index in [2.05, 4.69) is 17.3 Å². The highest BCUT2D eigenvalue weighted by Gasteiger charge is 2.25. The Balaban J connectivity index is 1.65. The van der Waals surface area contributed by atoms with Gasteiger partial charge in [-0.1, -0.05) is 42.9 Å². The van der Waals surface area contributed by atoms with Crippen molar-refractivity contribution in [3.05, 3.63) is 34.0 Å². The Kier molecular flexibility index (Phi) is 6.47. The monoisotopic (exact) mass is 411 g/mol. The average Bonchev–Trinajstić information content (AvgIpc) is 2.97. The first-order valence-electron chi connectivity index (χ1n) is 8.77. The zero-order valence-electron chi connectivity index (χ0n) is 14.8. The van der Waals surface area contributed by atoms with Crippen LogP contribution in [0.15, 0.2) is 28.6 Å². The Morgan fingerprint density at radius 3 is 2.77 bits per heavy atom. The SMILES string of the molecule is C[C@@H](Sc1nn(-c2ccc(F)cc2)c(=S)s1)C(=O)N[C@@H]1CCCC[C@@H]1C. The number of nitrogens with one attached hydrogen (secondary N) is 1. The van der Waals surface area contributed by atoms with Gasteiger partial charge in [0, 0.05) is 6.04 Å². The van der Waals surface area contributed by atoms with Crippen LogP contribution >= 0.6 is 35.3 Å². The summed E-state index contributed by atoms with van der Waals surface area (Å²) in [4.78, 5) is 12.5. The second kappa shape index (κ2) is 8.63. The quantitative estimate of drug-likeness (QED) is 0.557. The molecule has 8 heteroatoms. The number of aromatic nitrogens is 2. The highest BCUT2D eigenvalue weighted by atomic mass is 32.2. The predicted molar refractivity (Wildman–Crippen MR) is 107 cm³/mol. The molecule has 1 aliphatic rings. The normalized spacial score (nSPS) is 21.3. The van der Waals surface area contributed by atoms with Crippen LogP contribution in [0.25, 0.3) is 5.69 Å². The molecule has 0 unspecified atom stereocenters. The smallest absolute Gasteiger partial charge is 0.233 e. The lowest BCUT2D eigenvalue weighted by atomic mass is 9.86. The highest BCUT2D eigenvalue weighted by molar-refractivity contribution is 8.02. The molecule has 0 aliphatic heterocycles. The van der Waals surface area contributed by atoms with Gasteiger partial charge in [0.2, 0.25) is 5.91 Å². The Labute approximate surface area is 166 Å². The number of hydrogen-bond acceptors (Lipinski definition) is 5. The van der Waals surface area contributed by atoms with E-state index in [1.165, 1.54) is 54.5 Å². The van der Waals surface area contributed by atoms with E-state index in [0.717, 1.165) is 10.8 Å². The summed E-state index contributed by atoms with van der Waals surface area (Å²) in [6.45, 7) is 4.10. The van der Waals surface area contributed by atoms with Gasteiger partial charge in [0.1, 0.15) is 5.82 Å². The molecule has 26 heavy (non-hydrogen) atoms. The Hall–Kier alpha value is -1.25. The van der Waals surface area contributed by atoms with E-state index >= 15 is 0 Å².